The fourth-order valence-corrected chi connectivity index (χ4v) is 2.49. The monoisotopic (exact) mass is 312 g/mol. The number of benzene rings is 3. The van der Waals surface area contributed by atoms with Gasteiger partial charge < -0.3 is 4.74 Å². The fraction of sp³-hybridized carbons (Fsp3) is 0.0435. The minimum Gasteiger partial charge on any atom is -0.496 e. The van der Waals surface area contributed by atoms with Gasteiger partial charge in [0.2, 0.25) is 0 Å². The van der Waals surface area contributed by atoms with Crippen molar-refractivity contribution >= 4 is 24.3 Å². The number of hydrogen-bond donors (Lipinski definition) is 0. The molecular weight excluding hydrogens is 292 g/mol. The molecule has 1 heteroatoms. The maximum absolute atomic E-state index is 5.48. The molecule has 0 radical (unpaired) electrons. The molecule has 118 valence electrons. The first-order valence-electron chi connectivity index (χ1n) is 7.99. The van der Waals surface area contributed by atoms with E-state index < -0.39 is 0 Å². The van der Waals surface area contributed by atoms with Crippen LogP contribution in [0.5, 0.6) is 5.75 Å². The van der Waals surface area contributed by atoms with Gasteiger partial charge in [0, 0.05) is 5.56 Å². The summed E-state index contributed by atoms with van der Waals surface area (Å²) in [5.74, 6) is 0.874. The minimum atomic E-state index is 0.874. The maximum Gasteiger partial charge on any atom is 0.126 e. The predicted octanol–water partition coefficient (Wildman–Crippen LogP) is 6.04. The average molecular weight is 312 g/mol. The van der Waals surface area contributed by atoms with Crippen LogP contribution in [0.4, 0.5) is 0 Å². The van der Waals surface area contributed by atoms with Crippen molar-refractivity contribution in [3.8, 4) is 5.75 Å². The lowest BCUT2D eigenvalue weighted by atomic mass is 10.1. The zero-order valence-electron chi connectivity index (χ0n) is 13.7. The van der Waals surface area contributed by atoms with Crippen molar-refractivity contribution in [3.63, 3.8) is 0 Å². The molecule has 0 unspecified atom stereocenters. The molecule has 24 heavy (non-hydrogen) atoms. The van der Waals surface area contributed by atoms with Crippen molar-refractivity contribution in [3.05, 3.63) is 101 Å². The number of ether oxygens (including phenoxy) is 1. The largest absolute Gasteiger partial charge is 0.496 e. The second-order valence-corrected chi connectivity index (χ2v) is 5.49. The predicted molar refractivity (Wildman–Crippen MR) is 104 cm³/mol. The van der Waals surface area contributed by atoms with Crippen molar-refractivity contribution in [2.24, 2.45) is 0 Å². The molecule has 0 amide bonds. The van der Waals surface area contributed by atoms with E-state index in [1.807, 2.05) is 42.5 Å². The van der Waals surface area contributed by atoms with E-state index in [1.165, 1.54) is 11.1 Å². The second-order valence-electron chi connectivity index (χ2n) is 5.49. The van der Waals surface area contributed by atoms with Crippen LogP contribution in [0.3, 0.4) is 0 Å². The molecule has 3 aromatic carbocycles. The highest BCUT2D eigenvalue weighted by atomic mass is 16.5. The molecule has 3 aromatic rings. The summed E-state index contributed by atoms with van der Waals surface area (Å²) in [4.78, 5) is 0. The maximum atomic E-state index is 5.48. The van der Waals surface area contributed by atoms with Crippen LogP contribution in [0, 0.1) is 0 Å². The van der Waals surface area contributed by atoms with E-state index in [1.54, 1.807) is 7.11 Å². The van der Waals surface area contributed by atoms with Crippen molar-refractivity contribution in [2.45, 2.75) is 0 Å². The Bertz CT molecular complexity index is 830. The third-order valence-corrected chi connectivity index (χ3v) is 3.78. The molecule has 0 fully saturated rings. The first-order valence-corrected chi connectivity index (χ1v) is 7.99. The Morgan fingerprint density at radius 1 is 0.583 bits per heavy atom. The summed E-state index contributed by atoms with van der Waals surface area (Å²) in [5.41, 5.74) is 4.57. The molecular formula is C23H20O. The Morgan fingerprint density at radius 2 is 1.12 bits per heavy atom. The lowest BCUT2D eigenvalue weighted by Gasteiger charge is -2.06. The van der Waals surface area contributed by atoms with E-state index >= 15 is 0 Å². The summed E-state index contributed by atoms with van der Waals surface area (Å²) < 4.78 is 5.48. The molecule has 0 heterocycles. The third kappa shape index (κ3) is 4.23. The average Bonchev–Trinajstić information content (AvgIpc) is 2.66. The molecule has 0 saturated heterocycles. The van der Waals surface area contributed by atoms with Crippen molar-refractivity contribution < 1.29 is 4.74 Å². The van der Waals surface area contributed by atoms with E-state index in [0.717, 1.165) is 16.9 Å². The van der Waals surface area contributed by atoms with Crippen LogP contribution in [0.1, 0.15) is 22.3 Å². The molecule has 0 aliphatic rings. The Hall–Kier alpha value is -3.06. The van der Waals surface area contributed by atoms with Gasteiger partial charge in [-0.2, -0.15) is 0 Å². The Labute approximate surface area is 143 Å². The molecule has 3 rings (SSSR count). The van der Waals surface area contributed by atoms with Gasteiger partial charge in [-0.3, -0.25) is 0 Å². The summed E-state index contributed by atoms with van der Waals surface area (Å²) in [6.45, 7) is 0. The Kier molecular flexibility index (Phi) is 5.26. The van der Waals surface area contributed by atoms with E-state index in [9.17, 15) is 0 Å². The van der Waals surface area contributed by atoms with Gasteiger partial charge in [-0.15, -0.1) is 0 Å². The van der Waals surface area contributed by atoms with Crippen molar-refractivity contribution in [2.75, 3.05) is 7.11 Å². The van der Waals surface area contributed by atoms with Crippen LogP contribution in [-0.4, -0.2) is 7.11 Å². The van der Waals surface area contributed by atoms with E-state index in [-0.39, 0.29) is 0 Å². The Morgan fingerprint density at radius 3 is 1.71 bits per heavy atom. The van der Waals surface area contributed by atoms with Crippen molar-refractivity contribution in [1.82, 2.24) is 0 Å². The number of methoxy groups -OCH3 is 1. The van der Waals surface area contributed by atoms with Crippen LogP contribution >= 0.6 is 0 Å². The van der Waals surface area contributed by atoms with Crippen LogP contribution in [0.25, 0.3) is 24.3 Å². The zero-order chi connectivity index (χ0) is 16.6. The molecule has 1 nitrogen and oxygen atoms in total. The van der Waals surface area contributed by atoms with Crippen LogP contribution < -0.4 is 4.74 Å². The third-order valence-electron chi connectivity index (χ3n) is 3.78. The highest BCUT2D eigenvalue weighted by Crippen LogP contribution is 2.23. The first kappa shape index (κ1) is 15.8. The van der Waals surface area contributed by atoms with E-state index in [0.29, 0.717) is 0 Å². The Balaban J connectivity index is 1.85. The van der Waals surface area contributed by atoms with Crippen LogP contribution in [0.15, 0.2) is 78.9 Å². The zero-order valence-corrected chi connectivity index (χ0v) is 13.7. The normalized spacial score (nSPS) is 11.2. The molecule has 0 aliphatic carbocycles. The van der Waals surface area contributed by atoms with Gasteiger partial charge in [0.25, 0.3) is 0 Å². The minimum absolute atomic E-state index is 0.874. The second kappa shape index (κ2) is 7.98. The number of hydrogen-bond acceptors (Lipinski definition) is 1. The summed E-state index contributed by atoms with van der Waals surface area (Å²) in [7, 11) is 1.70. The van der Waals surface area contributed by atoms with Gasteiger partial charge in [0.15, 0.2) is 0 Å². The molecule has 0 aromatic heterocycles. The first-order chi connectivity index (χ1) is 11.8. The summed E-state index contributed by atoms with van der Waals surface area (Å²) >= 11 is 0. The van der Waals surface area contributed by atoms with Gasteiger partial charge in [-0.05, 0) is 28.8 Å². The lowest BCUT2D eigenvalue weighted by molar-refractivity contribution is 0.414. The molecule has 0 bridgehead atoms. The molecule has 0 N–H and O–H groups in total. The molecule has 0 saturated carbocycles. The van der Waals surface area contributed by atoms with Gasteiger partial charge >= 0.3 is 0 Å². The smallest absolute Gasteiger partial charge is 0.126 e. The summed E-state index contributed by atoms with van der Waals surface area (Å²) in [5, 5.41) is 0. The highest BCUT2D eigenvalue weighted by molar-refractivity contribution is 5.76. The van der Waals surface area contributed by atoms with Crippen LogP contribution in [-0.2, 0) is 0 Å². The standard InChI is InChI=1S/C23H20O/c1-24-23-17-15-21(13-12-19-8-4-2-5-9-19)18-22(23)16-14-20-10-6-3-7-11-20/h2-18H,1H3/b13-12+,16-14+. The van der Waals surface area contributed by atoms with Gasteiger partial charge in [0.1, 0.15) is 5.75 Å². The molecule has 0 spiro atoms. The fourth-order valence-electron chi connectivity index (χ4n) is 2.49. The molecule has 0 atom stereocenters. The quantitative estimate of drug-likeness (QED) is 0.522. The van der Waals surface area contributed by atoms with Gasteiger partial charge in [-0.1, -0.05) is 91.0 Å². The van der Waals surface area contributed by atoms with Crippen LogP contribution in [0.2, 0.25) is 0 Å². The summed E-state index contributed by atoms with van der Waals surface area (Å²) in [6, 6.07) is 26.8. The van der Waals surface area contributed by atoms with Crippen molar-refractivity contribution in [1.29, 1.82) is 0 Å². The lowest BCUT2D eigenvalue weighted by Crippen LogP contribution is -1.87. The van der Waals surface area contributed by atoms with E-state index in [4.69, 9.17) is 4.74 Å². The topological polar surface area (TPSA) is 9.23 Å². The number of rotatable bonds is 5. The summed E-state index contributed by atoms with van der Waals surface area (Å²) in [6.07, 6.45) is 8.43. The highest BCUT2D eigenvalue weighted by Gasteiger charge is 2.00. The SMILES string of the molecule is COc1ccc(/C=C/c2ccccc2)cc1/C=C/c1ccccc1. The van der Waals surface area contributed by atoms with Gasteiger partial charge in [0.05, 0.1) is 7.11 Å². The molecule has 0 aliphatic heterocycles. The van der Waals surface area contributed by atoms with E-state index in [2.05, 4.69) is 60.7 Å². The van der Waals surface area contributed by atoms with Gasteiger partial charge in [-0.25, -0.2) is 0 Å².